The molecule has 0 radical (unpaired) electrons. The minimum absolute atomic E-state index is 0.563. The van der Waals surface area contributed by atoms with Crippen LogP contribution >= 0.6 is 0 Å². The second-order valence-corrected chi connectivity index (χ2v) is 5.62. The summed E-state index contributed by atoms with van der Waals surface area (Å²) in [6.07, 6.45) is 5.19. The Labute approximate surface area is 150 Å². The summed E-state index contributed by atoms with van der Waals surface area (Å²) in [5.74, 6) is 3.11. The molecule has 0 saturated heterocycles. The van der Waals surface area contributed by atoms with Gasteiger partial charge in [-0.1, -0.05) is 0 Å². The highest BCUT2D eigenvalue weighted by molar-refractivity contribution is 5.82. The molecular formula is C19H18N4O3. The van der Waals surface area contributed by atoms with Crippen LogP contribution in [0.25, 0.3) is 16.8 Å². The normalized spacial score (nSPS) is 10.8. The third kappa shape index (κ3) is 2.83. The molecule has 0 amide bonds. The van der Waals surface area contributed by atoms with Gasteiger partial charge in [0.15, 0.2) is 5.65 Å². The van der Waals surface area contributed by atoms with E-state index >= 15 is 0 Å². The molecule has 0 aliphatic rings. The predicted molar refractivity (Wildman–Crippen MR) is 97.6 cm³/mol. The maximum absolute atomic E-state index is 5.51. The molecule has 3 aromatic heterocycles. The summed E-state index contributed by atoms with van der Waals surface area (Å²) in [6, 6.07) is 11.3. The first kappa shape index (κ1) is 16.0. The average molecular weight is 350 g/mol. The average Bonchev–Trinajstić information content (AvgIpc) is 3.35. The fourth-order valence-electron chi connectivity index (χ4n) is 2.83. The molecule has 0 aliphatic carbocycles. The summed E-state index contributed by atoms with van der Waals surface area (Å²) in [7, 11) is 3.26. The van der Waals surface area contributed by atoms with Gasteiger partial charge in [0.2, 0.25) is 0 Å². The van der Waals surface area contributed by atoms with Crippen LogP contribution < -0.4 is 14.8 Å². The standard InChI is InChI=1S/C19H18N4O3/c1-24-13-5-6-15(17(10-13)25-2)16-12-22-23-18(7-8-20-19(16)23)21-11-14-4-3-9-26-14/h3-10,12,21H,11H2,1-2H3. The Kier molecular flexibility index (Phi) is 4.18. The monoisotopic (exact) mass is 350 g/mol. The van der Waals surface area contributed by atoms with Crippen molar-refractivity contribution >= 4 is 11.5 Å². The lowest BCUT2D eigenvalue weighted by Crippen LogP contribution is -2.05. The molecule has 132 valence electrons. The van der Waals surface area contributed by atoms with Gasteiger partial charge in [-0.3, -0.25) is 0 Å². The van der Waals surface area contributed by atoms with Gasteiger partial charge in [0, 0.05) is 17.8 Å². The molecule has 7 heteroatoms. The number of methoxy groups -OCH3 is 2. The molecule has 0 atom stereocenters. The number of hydrogen-bond donors (Lipinski definition) is 1. The predicted octanol–water partition coefficient (Wildman–Crippen LogP) is 3.62. The minimum Gasteiger partial charge on any atom is -0.497 e. The fraction of sp³-hybridized carbons (Fsp3) is 0.158. The van der Waals surface area contributed by atoms with E-state index in [0.717, 1.165) is 34.1 Å². The summed E-state index contributed by atoms with van der Waals surface area (Å²) in [4.78, 5) is 4.49. The van der Waals surface area contributed by atoms with E-state index in [1.807, 2.05) is 36.4 Å². The summed E-state index contributed by atoms with van der Waals surface area (Å²) >= 11 is 0. The molecule has 0 spiro atoms. The molecule has 1 aromatic carbocycles. The van der Waals surface area contributed by atoms with E-state index in [1.54, 1.807) is 37.4 Å². The number of aromatic nitrogens is 3. The van der Waals surface area contributed by atoms with Gasteiger partial charge in [-0.15, -0.1) is 0 Å². The van der Waals surface area contributed by atoms with Crippen LogP contribution in [0, 0.1) is 0 Å². The fourth-order valence-corrected chi connectivity index (χ4v) is 2.83. The zero-order valence-electron chi connectivity index (χ0n) is 14.5. The number of fused-ring (bicyclic) bond motifs is 1. The Morgan fingerprint density at radius 1 is 1.12 bits per heavy atom. The molecule has 0 aliphatic heterocycles. The second kappa shape index (κ2) is 6.79. The van der Waals surface area contributed by atoms with Crippen molar-refractivity contribution in [3.05, 3.63) is 60.8 Å². The molecule has 0 bridgehead atoms. The van der Waals surface area contributed by atoms with Crippen LogP contribution in [0.2, 0.25) is 0 Å². The number of furan rings is 1. The van der Waals surface area contributed by atoms with Gasteiger partial charge in [-0.25, -0.2) is 4.98 Å². The van der Waals surface area contributed by atoms with Crippen LogP contribution in [0.15, 0.2) is 59.5 Å². The van der Waals surface area contributed by atoms with Gasteiger partial charge in [-0.2, -0.15) is 9.61 Å². The zero-order chi connectivity index (χ0) is 17.9. The third-order valence-electron chi connectivity index (χ3n) is 4.12. The molecule has 4 aromatic rings. The van der Waals surface area contributed by atoms with Gasteiger partial charge < -0.3 is 19.2 Å². The number of rotatable bonds is 6. The molecule has 26 heavy (non-hydrogen) atoms. The van der Waals surface area contributed by atoms with E-state index in [9.17, 15) is 0 Å². The van der Waals surface area contributed by atoms with Crippen molar-refractivity contribution in [1.29, 1.82) is 0 Å². The summed E-state index contributed by atoms with van der Waals surface area (Å²) in [5.41, 5.74) is 2.52. The van der Waals surface area contributed by atoms with Crippen LogP contribution in [-0.4, -0.2) is 28.8 Å². The minimum atomic E-state index is 0.563. The van der Waals surface area contributed by atoms with E-state index in [1.165, 1.54) is 0 Å². The van der Waals surface area contributed by atoms with Crippen molar-refractivity contribution in [2.75, 3.05) is 19.5 Å². The van der Waals surface area contributed by atoms with Crippen LogP contribution in [0.3, 0.4) is 0 Å². The molecule has 1 N–H and O–H groups in total. The Bertz CT molecular complexity index is 1020. The topological polar surface area (TPSA) is 73.8 Å². The zero-order valence-corrected chi connectivity index (χ0v) is 14.5. The number of nitrogens with zero attached hydrogens (tertiary/aromatic N) is 3. The van der Waals surface area contributed by atoms with Crippen LogP contribution in [0.5, 0.6) is 11.5 Å². The number of hydrogen-bond acceptors (Lipinski definition) is 6. The molecule has 0 unspecified atom stereocenters. The number of benzene rings is 1. The third-order valence-corrected chi connectivity index (χ3v) is 4.12. The van der Waals surface area contributed by atoms with Crippen LogP contribution in [0.1, 0.15) is 5.76 Å². The number of nitrogens with one attached hydrogen (secondary N) is 1. The molecule has 7 nitrogen and oxygen atoms in total. The lowest BCUT2D eigenvalue weighted by Gasteiger charge is -2.10. The van der Waals surface area contributed by atoms with Gasteiger partial charge in [0.05, 0.1) is 38.8 Å². The SMILES string of the molecule is COc1ccc(-c2cnn3c(NCc4ccco4)ccnc23)c(OC)c1. The highest BCUT2D eigenvalue weighted by Gasteiger charge is 2.15. The van der Waals surface area contributed by atoms with Gasteiger partial charge in [0.1, 0.15) is 23.1 Å². The van der Waals surface area contributed by atoms with Crippen molar-refractivity contribution < 1.29 is 13.9 Å². The second-order valence-electron chi connectivity index (χ2n) is 5.62. The van der Waals surface area contributed by atoms with Crippen LogP contribution in [-0.2, 0) is 6.54 Å². The van der Waals surface area contributed by atoms with E-state index in [4.69, 9.17) is 13.9 Å². The first-order chi connectivity index (χ1) is 12.8. The van der Waals surface area contributed by atoms with Crippen LogP contribution in [0.4, 0.5) is 5.82 Å². The maximum Gasteiger partial charge on any atom is 0.165 e. The van der Waals surface area contributed by atoms with Gasteiger partial charge in [-0.05, 0) is 30.3 Å². The first-order valence-corrected chi connectivity index (χ1v) is 8.11. The molecule has 3 heterocycles. The number of anilines is 1. The van der Waals surface area contributed by atoms with Gasteiger partial charge >= 0.3 is 0 Å². The number of ether oxygens (including phenoxy) is 2. The Morgan fingerprint density at radius 2 is 2.04 bits per heavy atom. The summed E-state index contributed by atoms with van der Waals surface area (Å²) < 4.78 is 17.9. The highest BCUT2D eigenvalue weighted by Crippen LogP contribution is 2.35. The van der Waals surface area contributed by atoms with E-state index < -0.39 is 0 Å². The van der Waals surface area contributed by atoms with Crippen molar-refractivity contribution in [3.63, 3.8) is 0 Å². The molecular weight excluding hydrogens is 332 g/mol. The Balaban J connectivity index is 1.73. The quantitative estimate of drug-likeness (QED) is 0.572. The summed E-state index contributed by atoms with van der Waals surface area (Å²) in [6.45, 7) is 0.563. The lowest BCUT2D eigenvalue weighted by atomic mass is 10.1. The van der Waals surface area contributed by atoms with Gasteiger partial charge in [0.25, 0.3) is 0 Å². The van der Waals surface area contributed by atoms with E-state index in [2.05, 4.69) is 15.4 Å². The van der Waals surface area contributed by atoms with Crippen molar-refractivity contribution in [1.82, 2.24) is 14.6 Å². The molecule has 0 fully saturated rings. The van der Waals surface area contributed by atoms with Crippen molar-refractivity contribution in [3.8, 4) is 22.6 Å². The van der Waals surface area contributed by atoms with E-state index in [0.29, 0.717) is 12.3 Å². The first-order valence-electron chi connectivity index (χ1n) is 8.11. The summed E-state index contributed by atoms with van der Waals surface area (Å²) in [5, 5.41) is 7.80. The Morgan fingerprint density at radius 3 is 2.81 bits per heavy atom. The lowest BCUT2D eigenvalue weighted by molar-refractivity contribution is 0.395. The highest BCUT2D eigenvalue weighted by atomic mass is 16.5. The molecule has 4 rings (SSSR count). The molecule has 0 saturated carbocycles. The van der Waals surface area contributed by atoms with Crippen molar-refractivity contribution in [2.45, 2.75) is 6.54 Å². The smallest absolute Gasteiger partial charge is 0.165 e. The van der Waals surface area contributed by atoms with Crippen molar-refractivity contribution in [2.24, 2.45) is 0 Å². The Hall–Kier alpha value is -3.48. The van der Waals surface area contributed by atoms with E-state index in [-0.39, 0.29) is 0 Å². The maximum atomic E-state index is 5.51. The largest absolute Gasteiger partial charge is 0.497 e.